The van der Waals surface area contributed by atoms with Crippen LogP contribution in [0.1, 0.15) is 18.5 Å². The van der Waals surface area contributed by atoms with Crippen molar-refractivity contribution < 1.29 is 4.79 Å². The number of rotatable bonds is 2. The molecule has 0 atom stereocenters. The van der Waals surface area contributed by atoms with E-state index in [4.69, 9.17) is 0 Å². The molecule has 1 saturated carbocycles. The van der Waals surface area contributed by atoms with Crippen molar-refractivity contribution in [2.24, 2.45) is 5.92 Å². The van der Waals surface area contributed by atoms with Crippen LogP contribution >= 0.6 is 0 Å². The van der Waals surface area contributed by atoms with Gasteiger partial charge in [0, 0.05) is 36.0 Å². The summed E-state index contributed by atoms with van der Waals surface area (Å²) in [5.74, 6) is 0.539. The largest absolute Gasteiger partial charge is 0.345 e. The number of amides is 1. The Hall–Kier alpha value is -2.76. The van der Waals surface area contributed by atoms with Crippen LogP contribution in [0.3, 0.4) is 0 Å². The van der Waals surface area contributed by atoms with Crippen LogP contribution in [-0.4, -0.2) is 43.8 Å². The fourth-order valence-corrected chi connectivity index (χ4v) is 3.28. The van der Waals surface area contributed by atoms with Crippen LogP contribution in [0.2, 0.25) is 0 Å². The Morgan fingerprint density at radius 1 is 1.26 bits per heavy atom. The number of fused-ring (bicyclic) bond motifs is 3. The van der Waals surface area contributed by atoms with Gasteiger partial charge in [0.2, 0.25) is 5.91 Å². The van der Waals surface area contributed by atoms with E-state index in [2.05, 4.69) is 26.0 Å². The highest BCUT2D eigenvalue weighted by Crippen LogP contribution is 2.34. The van der Waals surface area contributed by atoms with Crippen molar-refractivity contribution in [2.45, 2.75) is 12.8 Å². The van der Waals surface area contributed by atoms with E-state index in [-0.39, 0.29) is 11.8 Å². The van der Waals surface area contributed by atoms with E-state index >= 15 is 0 Å². The van der Waals surface area contributed by atoms with Crippen molar-refractivity contribution in [1.29, 1.82) is 0 Å². The first-order chi connectivity index (χ1) is 11.3. The molecule has 0 spiro atoms. The SMILES string of the molecule is O=C(C1CC1)N1CC=C(c2nc[nH]c3cnc4nccc4c23)C1. The molecule has 3 aromatic heterocycles. The monoisotopic (exact) mass is 305 g/mol. The first kappa shape index (κ1) is 12.8. The van der Waals surface area contributed by atoms with Crippen molar-refractivity contribution in [2.75, 3.05) is 13.1 Å². The molecule has 0 unspecified atom stereocenters. The van der Waals surface area contributed by atoms with Crippen molar-refractivity contribution in [3.63, 3.8) is 0 Å². The number of hydrogen-bond donors (Lipinski definition) is 1. The molecule has 23 heavy (non-hydrogen) atoms. The first-order valence-corrected chi connectivity index (χ1v) is 7.86. The Bertz CT molecular complexity index is 969. The molecule has 1 aliphatic heterocycles. The third-order valence-corrected chi connectivity index (χ3v) is 4.65. The number of aromatic amines is 1. The van der Waals surface area contributed by atoms with Crippen molar-refractivity contribution in [1.82, 2.24) is 24.8 Å². The Balaban J connectivity index is 1.60. The number of aromatic nitrogens is 4. The Kier molecular flexibility index (Phi) is 2.56. The van der Waals surface area contributed by atoms with Gasteiger partial charge in [0.15, 0.2) is 5.65 Å². The number of pyridine rings is 1. The lowest BCUT2D eigenvalue weighted by molar-refractivity contribution is -0.131. The van der Waals surface area contributed by atoms with Gasteiger partial charge in [0.25, 0.3) is 0 Å². The molecule has 0 radical (unpaired) electrons. The Morgan fingerprint density at radius 2 is 2.17 bits per heavy atom. The van der Waals surface area contributed by atoms with Crippen LogP contribution in [0, 0.1) is 5.92 Å². The number of carbonyl (C=O) groups is 1. The maximum Gasteiger partial charge on any atom is 0.226 e. The summed E-state index contributed by atoms with van der Waals surface area (Å²) in [4.78, 5) is 30.5. The highest BCUT2D eigenvalue weighted by Gasteiger charge is 2.35. The molecule has 1 amide bonds. The van der Waals surface area contributed by atoms with Gasteiger partial charge in [0.1, 0.15) is 0 Å². The number of nitrogens with zero attached hydrogens (tertiary/aromatic N) is 4. The van der Waals surface area contributed by atoms with E-state index in [9.17, 15) is 4.79 Å². The molecule has 0 bridgehead atoms. The summed E-state index contributed by atoms with van der Waals surface area (Å²) in [6.45, 7) is 1.32. The van der Waals surface area contributed by atoms with Gasteiger partial charge in [-0.25, -0.2) is 15.0 Å². The smallest absolute Gasteiger partial charge is 0.226 e. The van der Waals surface area contributed by atoms with Gasteiger partial charge in [-0.3, -0.25) is 4.79 Å². The van der Waals surface area contributed by atoms with Crippen molar-refractivity contribution >= 4 is 33.4 Å². The van der Waals surface area contributed by atoms with Gasteiger partial charge < -0.3 is 9.88 Å². The third kappa shape index (κ3) is 1.94. The first-order valence-electron chi connectivity index (χ1n) is 7.86. The van der Waals surface area contributed by atoms with E-state index < -0.39 is 0 Å². The van der Waals surface area contributed by atoms with Gasteiger partial charge in [-0.05, 0) is 24.5 Å². The summed E-state index contributed by atoms with van der Waals surface area (Å²) in [6.07, 6.45) is 9.44. The molecule has 3 aromatic rings. The lowest BCUT2D eigenvalue weighted by atomic mass is 10.1. The molecule has 0 saturated heterocycles. The molecule has 0 aromatic carbocycles. The molecule has 6 nitrogen and oxygen atoms in total. The van der Waals surface area contributed by atoms with Crippen LogP contribution in [0.5, 0.6) is 0 Å². The molecule has 2 aliphatic rings. The Labute approximate surface area is 132 Å². The zero-order valence-electron chi connectivity index (χ0n) is 12.5. The molecular formula is C17H15N5O. The van der Waals surface area contributed by atoms with E-state index in [1.54, 1.807) is 18.7 Å². The summed E-state index contributed by atoms with van der Waals surface area (Å²) in [5.41, 5.74) is 3.69. The van der Waals surface area contributed by atoms with Crippen molar-refractivity contribution in [3.05, 3.63) is 36.6 Å². The highest BCUT2D eigenvalue weighted by molar-refractivity contribution is 6.08. The molecule has 4 heterocycles. The summed E-state index contributed by atoms with van der Waals surface area (Å²) in [5, 5.41) is 2.02. The van der Waals surface area contributed by atoms with E-state index in [1.807, 2.05) is 11.0 Å². The predicted octanol–water partition coefficient (Wildman–Crippen LogP) is 2.14. The van der Waals surface area contributed by atoms with Gasteiger partial charge in [-0.1, -0.05) is 6.08 Å². The maximum absolute atomic E-state index is 12.3. The van der Waals surface area contributed by atoms with Crippen LogP contribution in [0.25, 0.3) is 27.5 Å². The van der Waals surface area contributed by atoms with E-state index in [1.165, 1.54) is 0 Å². The lowest BCUT2D eigenvalue weighted by Gasteiger charge is -2.16. The van der Waals surface area contributed by atoms with Crippen LogP contribution < -0.4 is 0 Å². The van der Waals surface area contributed by atoms with Gasteiger partial charge in [-0.15, -0.1) is 0 Å². The number of hydrogen-bond acceptors (Lipinski definition) is 4. The summed E-state index contributed by atoms with van der Waals surface area (Å²) < 4.78 is 0. The second-order valence-corrected chi connectivity index (χ2v) is 6.20. The van der Waals surface area contributed by atoms with Crippen molar-refractivity contribution in [3.8, 4) is 0 Å². The van der Waals surface area contributed by atoms with Gasteiger partial charge >= 0.3 is 0 Å². The second-order valence-electron chi connectivity index (χ2n) is 6.20. The third-order valence-electron chi connectivity index (χ3n) is 4.65. The lowest BCUT2D eigenvalue weighted by Crippen LogP contribution is -2.30. The second kappa shape index (κ2) is 4.62. The molecule has 5 rings (SSSR count). The molecule has 1 fully saturated rings. The molecule has 6 heteroatoms. The summed E-state index contributed by atoms with van der Waals surface area (Å²) >= 11 is 0. The normalized spacial score (nSPS) is 17.9. The van der Waals surface area contributed by atoms with Crippen LogP contribution in [0.4, 0.5) is 0 Å². The molecule has 1 N–H and O–H groups in total. The quantitative estimate of drug-likeness (QED) is 0.787. The average molecular weight is 305 g/mol. The van der Waals surface area contributed by atoms with Gasteiger partial charge in [-0.2, -0.15) is 0 Å². The predicted molar refractivity (Wildman–Crippen MR) is 86.5 cm³/mol. The van der Waals surface area contributed by atoms with E-state index in [0.29, 0.717) is 13.1 Å². The minimum atomic E-state index is 0.256. The molecule has 114 valence electrons. The summed E-state index contributed by atoms with van der Waals surface area (Å²) in [6, 6.07) is 1.96. The van der Waals surface area contributed by atoms with Gasteiger partial charge in [0.05, 0.1) is 23.7 Å². The number of carbonyl (C=O) groups excluding carboxylic acids is 1. The fourth-order valence-electron chi connectivity index (χ4n) is 3.28. The van der Waals surface area contributed by atoms with E-state index in [0.717, 1.165) is 46.0 Å². The standard InChI is InChI=1S/C17H15N5O/c23-17(10-1-2-10)22-6-4-11(8-22)15-14-12-3-5-18-16(12)19-7-13(14)20-9-21-15/h3-5,7,9-10H,1-2,6,8H2,(H,20,21). The fraction of sp³-hybridized carbons (Fsp3) is 0.294. The number of H-pyrrole nitrogens is 1. The average Bonchev–Trinajstić information content (AvgIpc) is 3.12. The minimum absolute atomic E-state index is 0.256. The Morgan fingerprint density at radius 3 is 3.04 bits per heavy atom. The highest BCUT2D eigenvalue weighted by atomic mass is 16.2. The zero-order chi connectivity index (χ0) is 15.4. The molecular weight excluding hydrogens is 290 g/mol. The number of nitrogens with one attached hydrogen (secondary N) is 1. The maximum atomic E-state index is 12.3. The van der Waals surface area contributed by atoms with Crippen LogP contribution in [0.15, 0.2) is 30.9 Å². The minimum Gasteiger partial charge on any atom is -0.345 e. The topological polar surface area (TPSA) is 74.8 Å². The summed E-state index contributed by atoms with van der Waals surface area (Å²) in [7, 11) is 0. The molecule has 1 aliphatic carbocycles. The van der Waals surface area contributed by atoms with Crippen LogP contribution in [-0.2, 0) is 4.79 Å². The zero-order valence-corrected chi connectivity index (χ0v) is 12.5.